The molecular weight excluding hydrogens is 436 g/mol. The number of anilines is 1. The lowest BCUT2D eigenvalue weighted by molar-refractivity contribution is -0.384. The number of nitro groups is 1. The second-order valence-electron chi connectivity index (χ2n) is 7.72. The number of nitrogens with zero attached hydrogens (tertiary/aromatic N) is 3. The molecular formula is C25H22N4O3S. The average Bonchev–Trinajstić information content (AvgIpc) is 2.79. The number of nitrogens with one attached hydrogen (secondary N) is 1. The van der Waals surface area contributed by atoms with Crippen molar-refractivity contribution in [2.45, 2.75) is 25.3 Å². The Hall–Kier alpha value is -3.78. The molecule has 33 heavy (non-hydrogen) atoms. The van der Waals surface area contributed by atoms with Crippen molar-refractivity contribution >= 4 is 40.1 Å². The third kappa shape index (κ3) is 5.53. The van der Waals surface area contributed by atoms with Gasteiger partial charge >= 0.3 is 0 Å². The van der Waals surface area contributed by atoms with E-state index in [1.165, 1.54) is 23.9 Å². The van der Waals surface area contributed by atoms with E-state index in [0.29, 0.717) is 17.1 Å². The van der Waals surface area contributed by atoms with Crippen LogP contribution in [-0.2, 0) is 11.2 Å². The minimum absolute atomic E-state index is 0.0308. The van der Waals surface area contributed by atoms with Gasteiger partial charge in [-0.25, -0.2) is 9.97 Å². The van der Waals surface area contributed by atoms with Gasteiger partial charge in [-0.3, -0.25) is 14.9 Å². The van der Waals surface area contributed by atoms with Gasteiger partial charge in [-0.05, 0) is 43.2 Å². The topological polar surface area (TPSA) is 98.0 Å². The summed E-state index contributed by atoms with van der Waals surface area (Å²) in [5.74, 6) is 0.0330. The Kier molecular flexibility index (Phi) is 6.65. The molecule has 0 aliphatic carbocycles. The van der Waals surface area contributed by atoms with Crippen molar-refractivity contribution in [1.82, 2.24) is 9.97 Å². The molecule has 0 spiro atoms. The second kappa shape index (κ2) is 9.79. The number of amides is 1. The van der Waals surface area contributed by atoms with Gasteiger partial charge in [-0.2, -0.15) is 0 Å². The summed E-state index contributed by atoms with van der Waals surface area (Å²) in [5.41, 5.74) is 5.87. The first-order valence-electron chi connectivity index (χ1n) is 10.4. The molecule has 0 unspecified atom stereocenters. The molecule has 1 N–H and O–H groups in total. The van der Waals surface area contributed by atoms with Crippen molar-refractivity contribution in [3.8, 4) is 0 Å². The number of carbonyl (C=O) groups excluding carboxylic acids is 1. The highest BCUT2D eigenvalue weighted by atomic mass is 32.2. The predicted octanol–water partition coefficient (Wildman–Crippen LogP) is 5.48. The maximum atomic E-state index is 12.6. The fraction of sp³-hybridized carbons (Fsp3) is 0.160. The quantitative estimate of drug-likeness (QED) is 0.224. The van der Waals surface area contributed by atoms with Gasteiger partial charge in [-0.15, -0.1) is 0 Å². The van der Waals surface area contributed by atoms with E-state index in [4.69, 9.17) is 9.97 Å². The molecule has 7 nitrogen and oxygen atoms in total. The lowest BCUT2D eigenvalue weighted by atomic mass is 10.1. The molecule has 0 bridgehead atoms. The van der Waals surface area contributed by atoms with Crippen LogP contribution in [0.5, 0.6) is 0 Å². The molecule has 1 amide bonds. The highest BCUT2D eigenvalue weighted by Crippen LogP contribution is 2.26. The van der Waals surface area contributed by atoms with Crippen LogP contribution in [0.15, 0.2) is 71.8 Å². The molecule has 1 aromatic heterocycles. The molecule has 0 aliphatic heterocycles. The monoisotopic (exact) mass is 458 g/mol. The maximum absolute atomic E-state index is 12.6. The van der Waals surface area contributed by atoms with Gasteiger partial charge in [0, 0.05) is 24.2 Å². The number of nitro benzene ring substituents is 1. The zero-order valence-corrected chi connectivity index (χ0v) is 19.1. The summed E-state index contributed by atoms with van der Waals surface area (Å²) in [6, 6.07) is 19.9. The number of aryl methyl sites for hydroxylation is 2. The van der Waals surface area contributed by atoms with Crippen LogP contribution < -0.4 is 5.32 Å². The van der Waals surface area contributed by atoms with E-state index in [1.54, 1.807) is 6.07 Å². The number of hydrogen-bond donors (Lipinski definition) is 1. The number of aromatic nitrogens is 2. The largest absolute Gasteiger partial charge is 0.325 e. The van der Waals surface area contributed by atoms with Crippen LogP contribution in [0.25, 0.3) is 11.0 Å². The van der Waals surface area contributed by atoms with Gasteiger partial charge in [0.15, 0.2) is 0 Å². The molecule has 166 valence electrons. The number of thioether (sulfide) groups is 1. The van der Waals surface area contributed by atoms with Crippen LogP contribution in [0, 0.1) is 24.0 Å². The lowest BCUT2D eigenvalue weighted by Crippen LogP contribution is -2.15. The van der Waals surface area contributed by atoms with E-state index in [0.717, 1.165) is 33.4 Å². The Bertz CT molecular complexity index is 1360. The first-order valence-corrected chi connectivity index (χ1v) is 11.4. The molecule has 0 saturated carbocycles. The zero-order chi connectivity index (χ0) is 23.4. The highest BCUT2D eigenvalue weighted by Gasteiger charge is 2.15. The normalized spacial score (nSPS) is 10.8. The summed E-state index contributed by atoms with van der Waals surface area (Å²) in [6.45, 7) is 3.97. The Labute approximate surface area is 195 Å². The van der Waals surface area contributed by atoms with Gasteiger partial charge in [-0.1, -0.05) is 53.7 Å². The van der Waals surface area contributed by atoms with Crippen LogP contribution >= 0.6 is 11.8 Å². The molecule has 1 heterocycles. The third-order valence-electron chi connectivity index (χ3n) is 5.09. The summed E-state index contributed by atoms with van der Waals surface area (Å²) in [4.78, 5) is 32.8. The van der Waals surface area contributed by atoms with Gasteiger partial charge < -0.3 is 5.32 Å². The number of fused-ring (bicyclic) bond motifs is 1. The first-order chi connectivity index (χ1) is 15.9. The first kappa shape index (κ1) is 22.4. The predicted molar refractivity (Wildman–Crippen MR) is 131 cm³/mol. The van der Waals surface area contributed by atoms with Gasteiger partial charge in [0.1, 0.15) is 5.03 Å². The highest BCUT2D eigenvalue weighted by molar-refractivity contribution is 8.00. The number of carbonyl (C=O) groups is 1. The summed E-state index contributed by atoms with van der Waals surface area (Å²) in [7, 11) is 0. The van der Waals surface area contributed by atoms with Gasteiger partial charge in [0.25, 0.3) is 5.69 Å². The van der Waals surface area contributed by atoms with E-state index < -0.39 is 4.92 Å². The Morgan fingerprint density at radius 2 is 1.76 bits per heavy atom. The Morgan fingerprint density at radius 1 is 1.00 bits per heavy atom. The zero-order valence-electron chi connectivity index (χ0n) is 18.2. The van der Waals surface area contributed by atoms with Crippen LogP contribution in [0.3, 0.4) is 0 Å². The summed E-state index contributed by atoms with van der Waals surface area (Å²) >= 11 is 1.31. The maximum Gasteiger partial charge on any atom is 0.269 e. The van der Waals surface area contributed by atoms with Crippen molar-refractivity contribution < 1.29 is 9.72 Å². The van der Waals surface area contributed by atoms with Crippen LogP contribution in [0.1, 0.15) is 22.4 Å². The number of para-hydroxylation sites is 2. The van der Waals surface area contributed by atoms with E-state index in [1.807, 2.05) is 62.4 Å². The van der Waals surface area contributed by atoms with Crippen LogP contribution in [0.4, 0.5) is 11.4 Å². The summed E-state index contributed by atoms with van der Waals surface area (Å²) in [6.07, 6.45) is 0.376. The molecule has 8 heteroatoms. The number of benzene rings is 3. The second-order valence-corrected chi connectivity index (χ2v) is 8.69. The third-order valence-corrected chi connectivity index (χ3v) is 6.10. The molecule has 4 rings (SSSR count). The van der Waals surface area contributed by atoms with E-state index in [9.17, 15) is 14.9 Å². The number of non-ortho nitro benzene ring substituents is 1. The Morgan fingerprint density at radius 3 is 2.48 bits per heavy atom. The summed E-state index contributed by atoms with van der Waals surface area (Å²) in [5, 5.41) is 14.7. The molecule has 3 aromatic carbocycles. The minimum Gasteiger partial charge on any atom is -0.325 e. The van der Waals surface area contributed by atoms with Crippen molar-refractivity contribution in [2.75, 3.05) is 11.1 Å². The Balaban J connectivity index is 1.57. The van der Waals surface area contributed by atoms with Crippen LogP contribution in [-0.4, -0.2) is 26.6 Å². The number of hydrogen-bond acceptors (Lipinski definition) is 6. The van der Waals surface area contributed by atoms with E-state index in [2.05, 4.69) is 5.32 Å². The molecule has 0 saturated heterocycles. The SMILES string of the molecule is Cc1ccc(NC(=O)CSc2nc3ccccc3nc2Cc2cccc([N+](=O)[O-])c2)c(C)c1. The fourth-order valence-corrected chi connectivity index (χ4v) is 4.29. The molecule has 0 atom stereocenters. The van der Waals surface area contributed by atoms with Crippen molar-refractivity contribution in [3.63, 3.8) is 0 Å². The average molecular weight is 459 g/mol. The summed E-state index contributed by atoms with van der Waals surface area (Å²) < 4.78 is 0. The van der Waals surface area contributed by atoms with Crippen molar-refractivity contribution in [3.05, 3.63) is 99.2 Å². The van der Waals surface area contributed by atoms with Crippen molar-refractivity contribution in [1.29, 1.82) is 0 Å². The van der Waals surface area contributed by atoms with Crippen LogP contribution in [0.2, 0.25) is 0 Å². The fourth-order valence-electron chi connectivity index (χ4n) is 3.50. The molecule has 0 fully saturated rings. The standard InChI is InChI=1S/C25H22N4O3S/c1-16-10-11-20(17(2)12-16)27-24(30)15-33-25-23(26-21-8-3-4-9-22(21)28-25)14-18-6-5-7-19(13-18)29(31)32/h3-13H,14-15H2,1-2H3,(H,27,30). The molecule has 0 radical (unpaired) electrons. The van der Waals surface area contributed by atoms with Gasteiger partial charge in [0.2, 0.25) is 5.91 Å². The van der Waals surface area contributed by atoms with Crippen molar-refractivity contribution in [2.24, 2.45) is 0 Å². The van der Waals surface area contributed by atoms with E-state index in [-0.39, 0.29) is 17.3 Å². The minimum atomic E-state index is -0.414. The van der Waals surface area contributed by atoms with Gasteiger partial charge in [0.05, 0.1) is 27.4 Å². The number of rotatable bonds is 7. The van der Waals surface area contributed by atoms with E-state index >= 15 is 0 Å². The lowest BCUT2D eigenvalue weighted by Gasteiger charge is -2.11. The molecule has 4 aromatic rings. The smallest absolute Gasteiger partial charge is 0.269 e. The molecule has 0 aliphatic rings.